The molecule has 1 unspecified atom stereocenters. The van der Waals surface area contributed by atoms with Gasteiger partial charge in [0.25, 0.3) is 11.8 Å². The van der Waals surface area contributed by atoms with Crippen molar-refractivity contribution >= 4 is 29.3 Å². The summed E-state index contributed by atoms with van der Waals surface area (Å²) in [4.78, 5) is 49.1. The molecule has 0 radical (unpaired) electrons. The van der Waals surface area contributed by atoms with Crippen LogP contribution < -0.4 is 16.4 Å². The lowest BCUT2D eigenvalue weighted by Gasteiger charge is -2.27. The van der Waals surface area contributed by atoms with E-state index >= 15 is 0 Å². The van der Waals surface area contributed by atoms with E-state index in [0.717, 1.165) is 4.90 Å². The summed E-state index contributed by atoms with van der Waals surface area (Å²) >= 11 is 0. The molecule has 0 aromatic heterocycles. The predicted molar refractivity (Wildman–Crippen MR) is 75.8 cm³/mol. The number of fused-ring (bicyclic) bond motifs is 1. The van der Waals surface area contributed by atoms with Gasteiger partial charge in [-0.25, -0.2) is 0 Å². The van der Waals surface area contributed by atoms with Crippen LogP contribution in [0.4, 0.5) is 5.69 Å². The first-order valence-electron chi connectivity index (χ1n) is 6.83. The zero-order valence-corrected chi connectivity index (χ0v) is 11.6. The Bertz CT molecular complexity index is 700. The number of nitrogens with zero attached hydrogens (tertiary/aromatic N) is 1. The number of carbonyl (C=O) groups is 4. The van der Waals surface area contributed by atoms with E-state index in [1.54, 1.807) is 12.1 Å². The maximum Gasteiger partial charge on any atom is 0.264 e. The van der Waals surface area contributed by atoms with Gasteiger partial charge in [0.2, 0.25) is 11.8 Å². The summed E-state index contributed by atoms with van der Waals surface area (Å²) in [6.45, 7) is 0.107. The van der Waals surface area contributed by atoms with Crippen LogP contribution in [0.1, 0.15) is 33.6 Å². The molecule has 0 aliphatic carbocycles. The zero-order valence-electron chi connectivity index (χ0n) is 11.6. The Balaban J connectivity index is 1.98. The molecule has 1 saturated heterocycles. The molecule has 4 amide bonds. The summed E-state index contributed by atoms with van der Waals surface area (Å²) in [6, 6.07) is 3.85. The first-order chi connectivity index (χ1) is 10.5. The molecule has 4 N–H and O–H groups in total. The van der Waals surface area contributed by atoms with Crippen molar-refractivity contribution < 1.29 is 19.2 Å². The molecule has 8 heteroatoms. The molecule has 22 heavy (non-hydrogen) atoms. The SMILES string of the molecule is NCNc1cccc2c1C(=O)N(C1CCC(=O)NC1=O)C2=O. The number of carbonyl (C=O) groups excluding carboxylic acids is 4. The Hall–Kier alpha value is -2.74. The van der Waals surface area contributed by atoms with Gasteiger partial charge in [0, 0.05) is 12.1 Å². The van der Waals surface area contributed by atoms with Crippen LogP contribution in [0.3, 0.4) is 0 Å². The van der Waals surface area contributed by atoms with Gasteiger partial charge in [-0.2, -0.15) is 0 Å². The van der Waals surface area contributed by atoms with Gasteiger partial charge in [-0.05, 0) is 18.6 Å². The van der Waals surface area contributed by atoms with Gasteiger partial charge in [-0.15, -0.1) is 0 Å². The number of nitrogens with one attached hydrogen (secondary N) is 2. The number of nitrogens with two attached hydrogens (primary N) is 1. The second kappa shape index (κ2) is 5.23. The molecule has 1 atom stereocenters. The molecular formula is C14H14N4O4. The van der Waals surface area contributed by atoms with Crippen LogP contribution in [0.2, 0.25) is 0 Å². The predicted octanol–water partition coefficient (Wildman–Crippen LogP) is -0.584. The summed E-state index contributed by atoms with van der Waals surface area (Å²) in [6.07, 6.45) is 0.230. The van der Waals surface area contributed by atoms with E-state index in [2.05, 4.69) is 10.6 Å². The van der Waals surface area contributed by atoms with Crippen molar-refractivity contribution in [1.82, 2.24) is 10.2 Å². The van der Waals surface area contributed by atoms with Crippen molar-refractivity contribution in [2.45, 2.75) is 18.9 Å². The average Bonchev–Trinajstić information content (AvgIpc) is 2.73. The van der Waals surface area contributed by atoms with E-state index in [1.807, 2.05) is 0 Å². The van der Waals surface area contributed by atoms with E-state index < -0.39 is 29.7 Å². The van der Waals surface area contributed by atoms with Gasteiger partial charge >= 0.3 is 0 Å². The van der Waals surface area contributed by atoms with E-state index in [4.69, 9.17) is 5.73 Å². The van der Waals surface area contributed by atoms with Crippen molar-refractivity contribution in [3.8, 4) is 0 Å². The van der Waals surface area contributed by atoms with E-state index in [9.17, 15) is 19.2 Å². The quantitative estimate of drug-likeness (QED) is 0.507. The highest BCUT2D eigenvalue weighted by Crippen LogP contribution is 2.32. The van der Waals surface area contributed by atoms with Crippen LogP contribution in [0, 0.1) is 0 Å². The number of piperidine rings is 1. The summed E-state index contributed by atoms with van der Waals surface area (Å²) < 4.78 is 0. The third-order valence-corrected chi connectivity index (χ3v) is 3.76. The lowest BCUT2D eigenvalue weighted by Crippen LogP contribution is -2.54. The lowest BCUT2D eigenvalue weighted by atomic mass is 10.0. The monoisotopic (exact) mass is 302 g/mol. The summed E-state index contributed by atoms with van der Waals surface area (Å²) in [5.41, 5.74) is 6.32. The summed E-state index contributed by atoms with van der Waals surface area (Å²) in [7, 11) is 0. The zero-order chi connectivity index (χ0) is 15.9. The molecule has 0 spiro atoms. The highest BCUT2D eigenvalue weighted by atomic mass is 16.2. The van der Waals surface area contributed by atoms with Gasteiger partial charge in [0.1, 0.15) is 6.04 Å². The molecule has 2 aliphatic heterocycles. The Morgan fingerprint density at radius 1 is 1.23 bits per heavy atom. The number of imide groups is 2. The topological polar surface area (TPSA) is 122 Å². The Kier molecular flexibility index (Phi) is 3.38. The number of amides is 4. The Labute approximate surface area is 125 Å². The van der Waals surface area contributed by atoms with Crippen LogP contribution in [0.25, 0.3) is 0 Å². The summed E-state index contributed by atoms with van der Waals surface area (Å²) in [5.74, 6) is -2.11. The molecule has 1 fully saturated rings. The average molecular weight is 302 g/mol. The van der Waals surface area contributed by atoms with Crippen LogP contribution in [-0.2, 0) is 9.59 Å². The standard InChI is InChI=1S/C14H14N4O4/c15-6-16-8-3-1-2-7-11(8)14(22)18(13(7)21)9-4-5-10(19)17-12(9)20/h1-3,9,16H,4-6,15H2,(H,17,19,20). The van der Waals surface area contributed by atoms with Crippen LogP contribution in [-0.4, -0.2) is 41.2 Å². The second-order valence-corrected chi connectivity index (χ2v) is 5.06. The molecule has 0 saturated carbocycles. The van der Waals surface area contributed by atoms with E-state index in [-0.39, 0.29) is 30.6 Å². The van der Waals surface area contributed by atoms with E-state index in [1.165, 1.54) is 6.07 Å². The fraction of sp³-hybridized carbons (Fsp3) is 0.286. The van der Waals surface area contributed by atoms with Crippen molar-refractivity contribution in [1.29, 1.82) is 0 Å². The largest absolute Gasteiger partial charge is 0.372 e. The highest BCUT2D eigenvalue weighted by molar-refractivity contribution is 6.25. The molecule has 0 bridgehead atoms. The van der Waals surface area contributed by atoms with Gasteiger partial charge < -0.3 is 11.1 Å². The maximum atomic E-state index is 12.6. The molecule has 114 valence electrons. The minimum atomic E-state index is -0.962. The third-order valence-electron chi connectivity index (χ3n) is 3.76. The number of benzene rings is 1. The molecule has 3 rings (SSSR count). The number of rotatable bonds is 3. The fourth-order valence-electron chi connectivity index (χ4n) is 2.77. The first kappa shape index (κ1) is 14.2. The van der Waals surface area contributed by atoms with E-state index in [0.29, 0.717) is 5.69 Å². The van der Waals surface area contributed by atoms with Crippen molar-refractivity contribution in [2.75, 3.05) is 12.0 Å². The van der Waals surface area contributed by atoms with Gasteiger partial charge in [-0.1, -0.05) is 6.07 Å². The summed E-state index contributed by atoms with van der Waals surface area (Å²) in [5, 5.41) is 4.98. The number of hydrogen-bond donors (Lipinski definition) is 3. The van der Waals surface area contributed by atoms with Crippen LogP contribution in [0.5, 0.6) is 0 Å². The minimum Gasteiger partial charge on any atom is -0.372 e. The molecule has 8 nitrogen and oxygen atoms in total. The number of hydrogen-bond acceptors (Lipinski definition) is 6. The molecule has 1 aromatic rings. The Morgan fingerprint density at radius 2 is 2.00 bits per heavy atom. The van der Waals surface area contributed by atoms with Crippen molar-refractivity contribution in [3.05, 3.63) is 29.3 Å². The van der Waals surface area contributed by atoms with Crippen molar-refractivity contribution in [3.63, 3.8) is 0 Å². The molecule has 2 aliphatic rings. The first-order valence-corrected chi connectivity index (χ1v) is 6.83. The highest BCUT2D eigenvalue weighted by Gasteiger charge is 2.45. The fourth-order valence-corrected chi connectivity index (χ4v) is 2.77. The maximum absolute atomic E-state index is 12.6. The smallest absolute Gasteiger partial charge is 0.264 e. The number of anilines is 1. The second-order valence-electron chi connectivity index (χ2n) is 5.06. The van der Waals surface area contributed by atoms with Gasteiger partial charge in [0.05, 0.1) is 17.8 Å². The lowest BCUT2D eigenvalue weighted by molar-refractivity contribution is -0.136. The van der Waals surface area contributed by atoms with Gasteiger partial charge in [-0.3, -0.25) is 29.4 Å². The van der Waals surface area contributed by atoms with Crippen molar-refractivity contribution in [2.24, 2.45) is 5.73 Å². The normalized spacial score (nSPS) is 21.0. The molecule has 2 heterocycles. The van der Waals surface area contributed by atoms with Crippen LogP contribution in [0.15, 0.2) is 18.2 Å². The Morgan fingerprint density at radius 3 is 2.68 bits per heavy atom. The van der Waals surface area contributed by atoms with Gasteiger partial charge in [0.15, 0.2) is 0 Å². The third kappa shape index (κ3) is 2.04. The molecule has 1 aromatic carbocycles. The molecular weight excluding hydrogens is 288 g/mol. The van der Waals surface area contributed by atoms with Crippen LogP contribution >= 0.6 is 0 Å². The minimum absolute atomic E-state index is 0.0950.